The summed E-state index contributed by atoms with van der Waals surface area (Å²) in [6, 6.07) is 6.40. The summed E-state index contributed by atoms with van der Waals surface area (Å²) in [7, 11) is -3.53. The van der Waals surface area contributed by atoms with Crippen molar-refractivity contribution < 1.29 is 8.42 Å². The van der Waals surface area contributed by atoms with E-state index in [0.717, 1.165) is 5.56 Å². The molecule has 0 radical (unpaired) electrons. The molecule has 0 saturated carbocycles. The van der Waals surface area contributed by atoms with Crippen LogP contribution in [-0.2, 0) is 23.1 Å². The van der Waals surface area contributed by atoms with Crippen LogP contribution in [-0.4, -0.2) is 24.0 Å². The van der Waals surface area contributed by atoms with Gasteiger partial charge in [-0.15, -0.1) is 0 Å². The van der Waals surface area contributed by atoms with E-state index in [9.17, 15) is 8.42 Å². The number of hydrogen-bond donors (Lipinski definition) is 2. The van der Waals surface area contributed by atoms with E-state index in [1.165, 1.54) is 0 Å². The van der Waals surface area contributed by atoms with Crippen LogP contribution in [0.1, 0.15) is 12.5 Å². The Hall–Kier alpha value is -1.70. The standard InChI is InChI=1S/C13H18N4O2S/c1-11(9-17-6-5-15-10-17)16-20(18,19)13-4-2-3-12(7-13)8-14/h2-7,10-11,16H,8-9,14H2,1H3. The van der Waals surface area contributed by atoms with E-state index in [1.807, 2.05) is 11.5 Å². The molecule has 1 heterocycles. The van der Waals surface area contributed by atoms with E-state index in [2.05, 4.69) is 9.71 Å². The normalized spacial score (nSPS) is 13.3. The summed E-state index contributed by atoms with van der Waals surface area (Å²) < 4.78 is 29.0. The molecule has 1 atom stereocenters. The van der Waals surface area contributed by atoms with Crippen molar-refractivity contribution in [2.24, 2.45) is 5.73 Å². The van der Waals surface area contributed by atoms with Gasteiger partial charge in [0.05, 0.1) is 11.2 Å². The summed E-state index contributed by atoms with van der Waals surface area (Å²) in [4.78, 5) is 4.16. The molecule has 6 nitrogen and oxygen atoms in total. The maximum atomic E-state index is 12.3. The molecule has 0 aliphatic heterocycles. The number of rotatable bonds is 6. The number of nitrogens with two attached hydrogens (primary N) is 1. The van der Waals surface area contributed by atoms with Crippen molar-refractivity contribution in [2.45, 2.75) is 31.0 Å². The Labute approximate surface area is 118 Å². The summed E-state index contributed by atoms with van der Waals surface area (Å²) >= 11 is 0. The van der Waals surface area contributed by atoms with Crippen LogP contribution in [0.2, 0.25) is 0 Å². The Morgan fingerprint density at radius 1 is 1.45 bits per heavy atom. The number of hydrogen-bond acceptors (Lipinski definition) is 4. The van der Waals surface area contributed by atoms with Crippen molar-refractivity contribution in [1.82, 2.24) is 14.3 Å². The van der Waals surface area contributed by atoms with E-state index in [0.29, 0.717) is 13.1 Å². The van der Waals surface area contributed by atoms with Crippen LogP contribution in [0.4, 0.5) is 0 Å². The molecule has 0 aliphatic rings. The van der Waals surface area contributed by atoms with Gasteiger partial charge in [0.1, 0.15) is 0 Å². The molecule has 7 heteroatoms. The van der Waals surface area contributed by atoms with Crippen molar-refractivity contribution in [3.05, 3.63) is 48.5 Å². The van der Waals surface area contributed by atoms with Crippen LogP contribution in [0.5, 0.6) is 0 Å². The predicted molar refractivity (Wildman–Crippen MR) is 76.3 cm³/mol. The van der Waals surface area contributed by atoms with Gasteiger partial charge in [-0.05, 0) is 24.6 Å². The lowest BCUT2D eigenvalue weighted by molar-refractivity contribution is 0.520. The highest BCUT2D eigenvalue weighted by Crippen LogP contribution is 2.12. The van der Waals surface area contributed by atoms with E-state index in [1.54, 1.807) is 43.0 Å². The molecule has 1 aromatic heterocycles. The maximum Gasteiger partial charge on any atom is 0.240 e. The first-order valence-electron chi connectivity index (χ1n) is 6.28. The SMILES string of the molecule is CC(Cn1ccnc1)NS(=O)(=O)c1cccc(CN)c1. The number of nitrogens with zero attached hydrogens (tertiary/aromatic N) is 2. The lowest BCUT2D eigenvalue weighted by Crippen LogP contribution is -2.35. The van der Waals surface area contributed by atoms with Gasteiger partial charge in [-0.2, -0.15) is 0 Å². The minimum atomic E-state index is -3.53. The van der Waals surface area contributed by atoms with Crippen LogP contribution in [0.25, 0.3) is 0 Å². The largest absolute Gasteiger partial charge is 0.336 e. The molecule has 20 heavy (non-hydrogen) atoms. The Morgan fingerprint density at radius 3 is 2.90 bits per heavy atom. The third kappa shape index (κ3) is 3.66. The zero-order valence-electron chi connectivity index (χ0n) is 11.2. The maximum absolute atomic E-state index is 12.3. The van der Waals surface area contributed by atoms with Gasteiger partial charge in [0.25, 0.3) is 0 Å². The zero-order chi connectivity index (χ0) is 14.6. The molecule has 0 bridgehead atoms. The van der Waals surface area contributed by atoms with Crippen LogP contribution < -0.4 is 10.5 Å². The Morgan fingerprint density at radius 2 is 2.25 bits per heavy atom. The second kappa shape index (κ2) is 6.17. The van der Waals surface area contributed by atoms with Gasteiger partial charge in [0.15, 0.2) is 0 Å². The van der Waals surface area contributed by atoms with Gasteiger partial charge >= 0.3 is 0 Å². The van der Waals surface area contributed by atoms with Gasteiger partial charge in [0, 0.05) is 31.5 Å². The summed E-state index contributed by atoms with van der Waals surface area (Å²) in [6.45, 7) is 2.65. The number of benzene rings is 1. The fraction of sp³-hybridized carbons (Fsp3) is 0.308. The molecule has 3 N–H and O–H groups in total. The number of aromatic nitrogens is 2. The minimum absolute atomic E-state index is 0.234. The first kappa shape index (κ1) is 14.7. The molecule has 0 amide bonds. The van der Waals surface area contributed by atoms with Crippen molar-refractivity contribution in [1.29, 1.82) is 0 Å². The van der Waals surface area contributed by atoms with E-state index in [4.69, 9.17) is 5.73 Å². The highest BCUT2D eigenvalue weighted by atomic mass is 32.2. The van der Waals surface area contributed by atoms with E-state index >= 15 is 0 Å². The smallest absolute Gasteiger partial charge is 0.240 e. The fourth-order valence-corrected chi connectivity index (χ4v) is 3.23. The van der Waals surface area contributed by atoms with Gasteiger partial charge < -0.3 is 10.3 Å². The van der Waals surface area contributed by atoms with E-state index < -0.39 is 10.0 Å². The summed E-state index contributed by atoms with van der Waals surface area (Å²) in [5.74, 6) is 0. The number of imidazole rings is 1. The molecule has 0 saturated heterocycles. The van der Waals surface area contributed by atoms with Crippen molar-refractivity contribution in [2.75, 3.05) is 0 Å². The topological polar surface area (TPSA) is 90.0 Å². The Kier molecular flexibility index (Phi) is 4.53. The zero-order valence-corrected chi connectivity index (χ0v) is 12.0. The van der Waals surface area contributed by atoms with Gasteiger partial charge in [-0.3, -0.25) is 0 Å². The predicted octanol–water partition coefficient (Wildman–Crippen LogP) is 0.709. The average Bonchev–Trinajstić information content (AvgIpc) is 2.91. The minimum Gasteiger partial charge on any atom is -0.336 e. The molecule has 2 aromatic rings. The summed E-state index contributed by atoms with van der Waals surface area (Å²) in [5.41, 5.74) is 6.32. The van der Waals surface area contributed by atoms with Crippen LogP contribution >= 0.6 is 0 Å². The van der Waals surface area contributed by atoms with Crippen LogP contribution in [0.3, 0.4) is 0 Å². The van der Waals surface area contributed by atoms with Gasteiger partial charge in [-0.1, -0.05) is 12.1 Å². The highest BCUT2D eigenvalue weighted by Gasteiger charge is 2.17. The number of sulfonamides is 1. The molecular formula is C13H18N4O2S. The average molecular weight is 294 g/mol. The first-order valence-corrected chi connectivity index (χ1v) is 7.76. The Bertz CT molecular complexity index is 653. The fourth-order valence-electron chi connectivity index (χ4n) is 1.92. The third-order valence-electron chi connectivity index (χ3n) is 2.84. The second-order valence-corrected chi connectivity index (χ2v) is 6.35. The lowest BCUT2D eigenvalue weighted by atomic mass is 10.2. The molecule has 0 aliphatic carbocycles. The quantitative estimate of drug-likeness (QED) is 0.821. The molecule has 2 rings (SSSR count). The Balaban J connectivity index is 2.10. The first-order chi connectivity index (χ1) is 9.51. The molecule has 108 valence electrons. The summed E-state index contributed by atoms with van der Waals surface area (Å²) in [5, 5.41) is 0. The van der Waals surface area contributed by atoms with E-state index in [-0.39, 0.29) is 10.9 Å². The molecule has 0 fully saturated rings. The van der Waals surface area contributed by atoms with Crippen LogP contribution in [0, 0.1) is 0 Å². The lowest BCUT2D eigenvalue weighted by Gasteiger charge is -2.15. The van der Waals surface area contributed by atoms with Gasteiger partial charge in [-0.25, -0.2) is 18.1 Å². The monoisotopic (exact) mass is 294 g/mol. The highest BCUT2D eigenvalue weighted by molar-refractivity contribution is 7.89. The van der Waals surface area contributed by atoms with Crippen molar-refractivity contribution in [3.63, 3.8) is 0 Å². The molecule has 1 unspecified atom stereocenters. The summed E-state index contributed by atoms with van der Waals surface area (Å²) in [6.07, 6.45) is 5.10. The van der Waals surface area contributed by atoms with Crippen molar-refractivity contribution in [3.8, 4) is 0 Å². The molecule has 1 aromatic carbocycles. The molecule has 0 spiro atoms. The van der Waals surface area contributed by atoms with Crippen LogP contribution in [0.15, 0.2) is 47.9 Å². The third-order valence-corrected chi connectivity index (χ3v) is 4.43. The molecular weight excluding hydrogens is 276 g/mol. The van der Waals surface area contributed by atoms with Crippen molar-refractivity contribution >= 4 is 10.0 Å². The van der Waals surface area contributed by atoms with Gasteiger partial charge in [0.2, 0.25) is 10.0 Å². The second-order valence-electron chi connectivity index (χ2n) is 4.63. The number of nitrogens with one attached hydrogen (secondary N) is 1.